The first-order valence-corrected chi connectivity index (χ1v) is 12.7. The summed E-state index contributed by atoms with van der Waals surface area (Å²) in [5.74, 6) is 0.273. The molecular weight excluding hydrogens is 430 g/mol. The normalized spacial score (nSPS) is 18.4. The van der Waals surface area contributed by atoms with E-state index in [2.05, 4.69) is 5.10 Å². The Morgan fingerprint density at radius 3 is 2.44 bits per heavy atom. The molecule has 1 saturated carbocycles. The summed E-state index contributed by atoms with van der Waals surface area (Å²) < 4.78 is 34.1. The Labute approximate surface area is 188 Å². The van der Waals surface area contributed by atoms with Crippen molar-refractivity contribution in [3.63, 3.8) is 0 Å². The van der Waals surface area contributed by atoms with Crippen LogP contribution in [0.15, 0.2) is 35.3 Å². The van der Waals surface area contributed by atoms with Gasteiger partial charge in [-0.25, -0.2) is 8.42 Å². The van der Waals surface area contributed by atoms with Crippen LogP contribution in [0.1, 0.15) is 39.5 Å². The second-order valence-corrected chi connectivity index (χ2v) is 11.2. The zero-order chi connectivity index (χ0) is 22.9. The fourth-order valence-corrected chi connectivity index (χ4v) is 5.53. The molecule has 1 aromatic carbocycles. The maximum Gasteiger partial charge on any atom is 0.316 e. The Morgan fingerprint density at radius 1 is 1.12 bits per heavy atom. The van der Waals surface area contributed by atoms with Crippen molar-refractivity contribution in [2.75, 3.05) is 36.8 Å². The van der Waals surface area contributed by atoms with E-state index in [0.29, 0.717) is 43.2 Å². The van der Waals surface area contributed by atoms with Crippen LogP contribution >= 0.6 is 0 Å². The molecule has 1 aromatic heterocycles. The first-order valence-electron chi connectivity index (χ1n) is 11.2. The molecule has 0 radical (unpaired) electrons. The summed E-state index contributed by atoms with van der Waals surface area (Å²) in [6.07, 6.45) is 5.64. The molecule has 1 aliphatic heterocycles. The average molecular weight is 462 g/mol. The lowest BCUT2D eigenvalue weighted by molar-refractivity contribution is 0.205. The van der Waals surface area contributed by atoms with Gasteiger partial charge >= 0.3 is 5.56 Å². The van der Waals surface area contributed by atoms with Crippen molar-refractivity contribution in [1.82, 2.24) is 14.1 Å². The second-order valence-electron chi connectivity index (χ2n) is 8.67. The predicted molar refractivity (Wildman–Crippen MR) is 125 cm³/mol. The lowest BCUT2D eigenvalue weighted by Crippen LogP contribution is -2.50. The van der Waals surface area contributed by atoms with Crippen LogP contribution in [0.5, 0.6) is 5.75 Å². The monoisotopic (exact) mass is 461 g/mol. The Bertz CT molecular complexity index is 1120. The minimum atomic E-state index is -3.31. The highest BCUT2D eigenvalue weighted by Crippen LogP contribution is 2.30. The number of nitrogens with zero attached hydrogens (tertiary/aromatic N) is 4. The number of benzene rings is 1. The van der Waals surface area contributed by atoms with E-state index in [1.807, 2.05) is 4.90 Å². The van der Waals surface area contributed by atoms with Crippen LogP contribution in [0.4, 0.5) is 11.4 Å². The Kier molecular flexibility index (Phi) is 6.43. The SMILES string of the molecule is CC(C)S(=O)(=O)N1CCN(c2cnn(-c3cccc(N)c3)c(=O)c2OC2CCCC2)CC1. The Morgan fingerprint density at radius 2 is 1.81 bits per heavy atom. The van der Waals surface area contributed by atoms with Gasteiger partial charge in [-0.2, -0.15) is 14.1 Å². The van der Waals surface area contributed by atoms with Crippen LogP contribution in [0.2, 0.25) is 0 Å². The molecule has 0 unspecified atom stereocenters. The Hall–Kier alpha value is -2.59. The smallest absolute Gasteiger partial charge is 0.316 e. The van der Waals surface area contributed by atoms with Gasteiger partial charge < -0.3 is 15.4 Å². The van der Waals surface area contributed by atoms with Gasteiger partial charge in [-0.1, -0.05) is 6.07 Å². The minimum Gasteiger partial charge on any atom is -0.483 e. The summed E-state index contributed by atoms with van der Waals surface area (Å²) in [5.41, 5.74) is 7.29. The first-order chi connectivity index (χ1) is 15.3. The van der Waals surface area contributed by atoms with E-state index in [-0.39, 0.29) is 17.4 Å². The van der Waals surface area contributed by atoms with E-state index in [1.165, 1.54) is 8.99 Å². The van der Waals surface area contributed by atoms with Crippen molar-refractivity contribution in [1.29, 1.82) is 0 Å². The summed E-state index contributed by atoms with van der Waals surface area (Å²) in [7, 11) is -3.31. The summed E-state index contributed by atoms with van der Waals surface area (Å²) in [6, 6.07) is 7.00. The van der Waals surface area contributed by atoms with Crippen LogP contribution in [0.25, 0.3) is 5.69 Å². The summed E-state index contributed by atoms with van der Waals surface area (Å²) in [5, 5.41) is 3.93. The number of rotatable bonds is 6. The molecule has 1 saturated heterocycles. The van der Waals surface area contributed by atoms with Gasteiger partial charge in [0.15, 0.2) is 0 Å². The van der Waals surface area contributed by atoms with Crippen molar-refractivity contribution in [3.05, 3.63) is 40.8 Å². The zero-order valence-corrected chi connectivity index (χ0v) is 19.4. The van der Waals surface area contributed by atoms with Crippen LogP contribution in [-0.4, -0.2) is 60.0 Å². The maximum atomic E-state index is 13.4. The largest absolute Gasteiger partial charge is 0.483 e. The first kappa shape index (κ1) is 22.6. The summed E-state index contributed by atoms with van der Waals surface area (Å²) in [4.78, 5) is 15.4. The molecule has 9 nitrogen and oxygen atoms in total. The topological polar surface area (TPSA) is 111 Å². The molecule has 2 N–H and O–H groups in total. The number of piperazine rings is 1. The van der Waals surface area contributed by atoms with E-state index in [1.54, 1.807) is 44.3 Å². The molecule has 2 aromatic rings. The van der Waals surface area contributed by atoms with E-state index >= 15 is 0 Å². The van der Waals surface area contributed by atoms with Gasteiger partial charge in [-0.05, 0) is 57.7 Å². The van der Waals surface area contributed by atoms with E-state index in [9.17, 15) is 13.2 Å². The van der Waals surface area contributed by atoms with Gasteiger partial charge in [0.1, 0.15) is 5.69 Å². The third-order valence-electron chi connectivity index (χ3n) is 6.15. The molecule has 0 amide bonds. The van der Waals surface area contributed by atoms with E-state index in [0.717, 1.165) is 25.7 Å². The second kappa shape index (κ2) is 9.11. The van der Waals surface area contributed by atoms with Gasteiger partial charge in [0.2, 0.25) is 15.8 Å². The molecule has 0 atom stereocenters. The summed E-state index contributed by atoms with van der Waals surface area (Å²) >= 11 is 0. The number of hydrogen-bond acceptors (Lipinski definition) is 7. The Balaban J connectivity index is 1.66. The van der Waals surface area contributed by atoms with Crippen LogP contribution < -0.4 is 20.9 Å². The van der Waals surface area contributed by atoms with Gasteiger partial charge in [-0.15, -0.1) is 0 Å². The number of hydrogen-bond donors (Lipinski definition) is 1. The molecular formula is C22H31N5O4S. The van der Waals surface area contributed by atoms with Gasteiger partial charge in [0.25, 0.3) is 0 Å². The van der Waals surface area contributed by atoms with Crippen LogP contribution in [0.3, 0.4) is 0 Å². The van der Waals surface area contributed by atoms with Gasteiger partial charge in [0, 0.05) is 31.9 Å². The number of sulfonamides is 1. The third kappa shape index (κ3) is 4.47. The lowest BCUT2D eigenvalue weighted by Gasteiger charge is -2.36. The number of nitrogens with two attached hydrogens (primary N) is 1. The molecule has 32 heavy (non-hydrogen) atoms. The molecule has 1 aliphatic carbocycles. The fraction of sp³-hybridized carbons (Fsp3) is 0.545. The van der Waals surface area contributed by atoms with Gasteiger partial charge in [-0.3, -0.25) is 4.79 Å². The standard InChI is InChI=1S/C22H31N5O4S/c1-16(2)32(29,30)26-12-10-25(11-13-26)20-15-24-27(18-7-5-6-17(23)14-18)22(28)21(20)31-19-8-3-4-9-19/h5-7,14-16,19H,3-4,8-13,23H2,1-2H3. The highest BCUT2D eigenvalue weighted by atomic mass is 32.2. The molecule has 4 rings (SSSR count). The fourth-order valence-electron chi connectivity index (χ4n) is 4.26. The molecule has 0 spiro atoms. The average Bonchev–Trinajstić information content (AvgIpc) is 3.28. The molecule has 2 fully saturated rings. The van der Waals surface area contributed by atoms with E-state index in [4.69, 9.17) is 10.5 Å². The highest BCUT2D eigenvalue weighted by Gasteiger charge is 2.31. The molecule has 2 aliphatic rings. The predicted octanol–water partition coefficient (Wildman–Crippen LogP) is 2.00. The lowest BCUT2D eigenvalue weighted by atomic mass is 10.2. The number of nitrogen functional groups attached to an aromatic ring is 1. The van der Waals surface area contributed by atoms with Crippen molar-refractivity contribution in [2.24, 2.45) is 0 Å². The molecule has 2 heterocycles. The number of ether oxygens (including phenoxy) is 1. The number of aromatic nitrogens is 2. The number of anilines is 2. The van der Waals surface area contributed by atoms with Crippen molar-refractivity contribution < 1.29 is 13.2 Å². The molecule has 10 heteroatoms. The van der Waals surface area contributed by atoms with Gasteiger partial charge in [0.05, 0.1) is 23.2 Å². The highest BCUT2D eigenvalue weighted by molar-refractivity contribution is 7.89. The summed E-state index contributed by atoms with van der Waals surface area (Å²) in [6.45, 7) is 5.04. The van der Waals surface area contributed by atoms with Crippen LogP contribution in [0, 0.1) is 0 Å². The van der Waals surface area contributed by atoms with E-state index < -0.39 is 15.3 Å². The van der Waals surface area contributed by atoms with Crippen LogP contribution in [-0.2, 0) is 10.0 Å². The molecule has 0 bridgehead atoms. The zero-order valence-electron chi connectivity index (χ0n) is 18.6. The van der Waals surface area contributed by atoms with Crippen molar-refractivity contribution >= 4 is 21.4 Å². The van der Waals surface area contributed by atoms with Crippen molar-refractivity contribution in [3.8, 4) is 11.4 Å². The quantitative estimate of drug-likeness (QED) is 0.655. The maximum absolute atomic E-state index is 13.4. The van der Waals surface area contributed by atoms with Crippen molar-refractivity contribution in [2.45, 2.75) is 50.9 Å². The third-order valence-corrected chi connectivity index (χ3v) is 8.43. The molecule has 174 valence electrons. The minimum absolute atomic E-state index is 0.000695.